The molecular formula is C14H31N3O. The zero-order chi connectivity index (χ0) is 14.3. The number of carbonyl (C=O) groups excluding carboxylic acids is 1. The fourth-order valence-corrected chi connectivity index (χ4v) is 2.16. The van der Waals surface area contributed by atoms with Crippen molar-refractivity contribution in [2.45, 2.75) is 72.0 Å². The molecule has 0 bridgehead atoms. The standard InChI is InChI=1S/C14H31N3O/c1-7-14(15,8-2)13(18)16-9-10-17(11(3)4)12(5)6/h11-12H,7-10,15H2,1-6H3,(H,16,18). The highest BCUT2D eigenvalue weighted by Crippen LogP contribution is 2.11. The Hall–Kier alpha value is -0.610. The molecule has 18 heavy (non-hydrogen) atoms. The van der Waals surface area contributed by atoms with Crippen LogP contribution in [0.5, 0.6) is 0 Å². The van der Waals surface area contributed by atoms with Crippen LogP contribution in [0.15, 0.2) is 0 Å². The molecule has 0 radical (unpaired) electrons. The van der Waals surface area contributed by atoms with E-state index in [1.165, 1.54) is 0 Å². The molecule has 0 fully saturated rings. The van der Waals surface area contributed by atoms with Gasteiger partial charge in [-0.15, -0.1) is 0 Å². The van der Waals surface area contributed by atoms with Crippen LogP contribution in [0.4, 0.5) is 0 Å². The summed E-state index contributed by atoms with van der Waals surface area (Å²) in [6.07, 6.45) is 1.35. The van der Waals surface area contributed by atoms with Crippen molar-refractivity contribution in [1.29, 1.82) is 0 Å². The highest BCUT2D eigenvalue weighted by Gasteiger charge is 2.29. The predicted octanol–water partition coefficient (Wildman–Crippen LogP) is 1.74. The number of carbonyl (C=O) groups is 1. The van der Waals surface area contributed by atoms with Crippen molar-refractivity contribution in [2.75, 3.05) is 13.1 Å². The number of amides is 1. The quantitative estimate of drug-likeness (QED) is 0.696. The maximum Gasteiger partial charge on any atom is 0.240 e. The van der Waals surface area contributed by atoms with Crippen molar-refractivity contribution < 1.29 is 4.79 Å². The minimum absolute atomic E-state index is 0.0278. The topological polar surface area (TPSA) is 58.4 Å². The maximum absolute atomic E-state index is 12.0. The van der Waals surface area contributed by atoms with Gasteiger partial charge in [-0.05, 0) is 40.5 Å². The van der Waals surface area contributed by atoms with Crippen LogP contribution in [0.3, 0.4) is 0 Å². The largest absolute Gasteiger partial charge is 0.353 e. The van der Waals surface area contributed by atoms with E-state index in [1.807, 2.05) is 13.8 Å². The number of nitrogens with one attached hydrogen (secondary N) is 1. The summed E-state index contributed by atoms with van der Waals surface area (Å²) in [5.41, 5.74) is 5.34. The van der Waals surface area contributed by atoms with Crippen molar-refractivity contribution in [1.82, 2.24) is 10.2 Å². The Bertz CT molecular complexity index is 239. The summed E-state index contributed by atoms with van der Waals surface area (Å²) in [5.74, 6) is -0.0278. The van der Waals surface area contributed by atoms with Gasteiger partial charge in [0.25, 0.3) is 0 Å². The molecule has 0 atom stereocenters. The summed E-state index contributed by atoms with van der Waals surface area (Å²) in [6, 6.07) is 0.976. The maximum atomic E-state index is 12.0. The lowest BCUT2D eigenvalue weighted by atomic mass is 9.93. The Morgan fingerprint density at radius 2 is 1.61 bits per heavy atom. The third kappa shape index (κ3) is 4.94. The van der Waals surface area contributed by atoms with E-state index in [0.29, 0.717) is 31.5 Å². The van der Waals surface area contributed by atoms with Gasteiger partial charge in [0.05, 0.1) is 5.54 Å². The summed E-state index contributed by atoms with van der Waals surface area (Å²) in [7, 11) is 0. The predicted molar refractivity (Wildman–Crippen MR) is 77.5 cm³/mol. The van der Waals surface area contributed by atoms with Crippen LogP contribution in [0, 0.1) is 0 Å². The second-order valence-electron chi connectivity index (χ2n) is 5.54. The van der Waals surface area contributed by atoms with E-state index in [9.17, 15) is 4.79 Å². The summed E-state index contributed by atoms with van der Waals surface area (Å²) in [4.78, 5) is 14.4. The van der Waals surface area contributed by atoms with Crippen LogP contribution >= 0.6 is 0 Å². The van der Waals surface area contributed by atoms with Gasteiger partial charge in [-0.25, -0.2) is 0 Å². The molecule has 3 N–H and O–H groups in total. The Labute approximate surface area is 112 Å². The average Bonchev–Trinajstić information content (AvgIpc) is 2.32. The number of hydrogen-bond acceptors (Lipinski definition) is 3. The smallest absolute Gasteiger partial charge is 0.240 e. The monoisotopic (exact) mass is 257 g/mol. The summed E-state index contributed by atoms with van der Waals surface area (Å²) < 4.78 is 0. The zero-order valence-corrected chi connectivity index (χ0v) is 12.9. The molecule has 0 aliphatic heterocycles. The lowest BCUT2D eigenvalue weighted by Crippen LogP contribution is -2.54. The van der Waals surface area contributed by atoms with Crippen LogP contribution in [-0.2, 0) is 4.79 Å². The minimum atomic E-state index is -0.708. The Kier molecular flexibility index (Phi) is 7.48. The molecule has 0 spiro atoms. The van der Waals surface area contributed by atoms with Crippen molar-refractivity contribution in [2.24, 2.45) is 5.73 Å². The van der Waals surface area contributed by atoms with Gasteiger partial charge in [0.1, 0.15) is 0 Å². The Balaban J connectivity index is 4.22. The Morgan fingerprint density at radius 1 is 1.17 bits per heavy atom. The van der Waals surface area contributed by atoms with Crippen LogP contribution in [0.1, 0.15) is 54.4 Å². The van der Waals surface area contributed by atoms with Crippen molar-refractivity contribution in [3.63, 3.8) is 0 Å². The minimum Gasteiger partial charge on any atom is -0.353 e. The van der Waals surface area contributed by atoms with Crippen LogP contribution in [0.25, 0.3) is 0 Å². The molecule has 0 aliphatic carbocycles. The van der Waals surface area contributed by atoms with Gasteiger partial charge in [-0.1, -0.05) is 13.8 Å². The number of hydrogen-bond donors (Lipinski definition) is 2. The first-order chi connectivity index (χ1) is 8.28. The van der Waals surface area contributed by atoms with Gasteiger partial charge in [-0.3, -0.25) is 9.69 Å². The molecule has 0 saturated heterocycles. The van der Waals surface area contributed by atoms with Gasteiger partial charge < -0.3 is 11.1 Å². The lowest BCUT2D eigenvalue weighted by Gasteiger charge is -2.31. The van der Waals surface area contributed by atoms with Gasteiger partial charge in [0.15, 0.2) is 0 Å². The van der Waals surface area contributed by atoms with Gasteiger partial charge in [-0.2, -0.15) is 0 Å². The summed E-state index contributed by atoms with van der Waals surface area (Å²) >= 11 is 0. The first-order valence-corrected chi connectivity index (χ1v) is 7.11. The molecule has 4 heteroatoms. The summed E-state index contributed by atoms with van der Waals surface area (Å²) in [6.45, 7) is 14.1. The van der Waals surface area contributed by atoms with Gasteiger partial charge >= 0.3 is 0 Å². The summed E-state index contributed by atoms with van der Waals surface area (Å²) in [5, 5.41) is 2.96. The highest BCUT2D eigenvalue weighted by molar-refractivity contribution is 5.85. The van der Waals surface area contributed by atoms with Crippen molar-refractivity contribution >= 4 is 5.91 Å². The van der Waals surface area contributed by atoms with E-state index < -0.39 is 5.54 Å². The number of nitrogens with two attached hydrogens (primary N) is 1. The Morgan fingerprint density at radius 3 is 1.94 bits per heavy atom. The average molecular weight is 257 g/mol. The molecular weight excluding hydrogens is 226 g/mol. The normalized spacial score (nSPS) is 12.6. The number of rotatable bonds is 8. The SMILES string of the molecule is CCC(N)(CC)C(=O)NCCN(C(C)C)C(C)C. The molecule has 0 unspecified atom stereocenters. The second kappa shape index (κ2) is 7.74. The molecule has 108 valence electrons. The van der Waals surface area contributed by atoms with E-state index in [4.69, 9.17) is 5.73 Å². The molecule has 0 rings (SSSR count). The zero-order valence-electron chi connectivity index (χ0n) is 12.9. The molecule has 4 nitrogen and oxygen atoms in total. The molecule has 0 aliphatic rings. The molecule has 0 saturated carbocycles. The molecule has 0 heterocycles. The van der Waals surface area contributed by atoms with Gasteiger partial charge in [0.2, 0.25) is 5.91 Å². The van der Waals surface area contributed by atoms with E-state index in [2.05, 4.69) is 37.9 Å². The molecule has 0 aromatic heterocycles. The van der Waals surface area contributed by atoms with Crippen molar-refractivity contribution in [3.8, 4) is 0 Å². The van der Waals surface area contributed by atoms with E-state index in [-0.39, 0.29) is 5.91 Å². The fourth-order valence-electron chi connectivity index (χ4n) is 2.16. The van der Waals surface area contributed by atoms with Crippen molar-refractivity contribution in [3.05, 3.63) is 0 Å². The number of nitrogens with zero attached hydrogens (tertiary/aromatic N) is 1. The van der Waals surface area contributed by atoms with E-state index >= 15 is 0 Å². The van der Waals surface area contributed by atoms with E-state index in [0.717, 1.165) is 6.54 Å². The van der Waals surface area contributed by atoms with Gasteiger partial charge in [0, 0.05) is 25.2 Å². The van der Waals surface area contributed by atoms with E-state index in [1.54, 1.807) is 0 Å². The first-order valence-electron chi connectivity index (χ1n) is 7.11. The van der Waals surface area contributed by atoms with Crippen LogP contribution < -0.4 is 11.1 Å². The van der Waals surface area contributed by atoms with Crippen LogP contribution in [0.2, 0.25) is 0 Å². The fraction of sp³-hybridized carbons (Fsp3) is 0.929. The highest BCUT2D eigenvalue weighted by atomic mass is 16.2. The second-order valence-corrected chi connectivity index (χ2v) is 5.54. The molecule has 1 amide bonds. The molecule has 0 aromatic rings. The van der Waals surface area contributed by atoms with Crippen LogP contribution in [-0.4, -0.2) is 41.5 Å². The third-order valence-corrected chi connectivity index (χ3v) is 3.70. The molecule has 0 aromatic carbocycles. The third-order valence-electron chi connectivity index (χ3n) is 3.70. The lowest BCUT2D eigenvalue weighted by molar-refractivity contribution is -0.126. The first kappa shape index (κ1) is 17.4.